The number of benzene rings is 1. The molecule has 0 atom stereocenters. The molecule has 2 aromatic rings. The monoisotopic (exact) mass is 397 g/mol. The lowest BCUT2D eigenvalue weighted by Gasteiger charge is -2.11. The highest BCUT2D eigenvalue weighted by molar-refractivity contribution is 9.10. The van der Waals surface area contributed by atoms with E-state index in [-0.39, 0.29) is 5.91 Å². The van der Waals surface area contributed by atoms with Crippen LogP contribution in [0.4, 0.5) is 11.4 Å². The van der Waals surface area contributed by atoms with Crippen molar-refractivity contribution in [2.24, 2.45) is 0 Å². The number of nitrogen functional groups attached to an aromatic ring is 1. The highest BCUT2D eigenvalue weighted by Crippen LogP contribution is 2.24. The third-order valence-electron chi connectivity index (χ3n) is 2.93. The molecule has 104 valence electrons. The first-order valence-electron chi connectivity index (χ1n) is 5.87. The number of nitrogens with two attached hydrogens (primary N) is 1. The minimum Gasteiger partial charge on any atom is -0.398 e. The Bertz CT molecular complexity index is 686. The number of nitrogens with one attached hydrogen (secondary N) is 1. The highest BCUT2D eigenvalue weighted by atomic mass is 79.9. The molecule has 0 saturated heterocycles. The van der Waals surface area contributed by atoms with Gasteiger partial charge in [-0.15, -0.1) is 0 Å². The fourth-order valence-corrected chi connectivity index (χ4v) is 2.45. The van der Waals surface area contributed by atoms with Gasteiger partial charge >= 0.3 is 0 Å². The zero-order chi connectivity index (χ0) is 14.9. The number of aromatic nitrogens is 1. The van der Waals surface area contributed by atoms with Gasteiger partial charge in [0.1, 0.15) is 4.60 Å². The van der Waals surface area contributed by atoms with E-state index in [1.807, 2.05) is 19.9 Å². The van der Waals surface area contributed by atoms with Gasteiger partial charge in [0.05, 0.1) is 11.9 Å². The van der Waals surface area contributed by atoms with Crippen LogP contribution in [0, 0.1) is 13.8 Å². The molecular formula is C14H13Br2N3O. The molecule has 0 saturated carbocycles. The first-order valence-corrected chi connectivity index (χ1v) is 7.46. The number of halogens is 2. The Balaban J connectivity index is 2.30. The molecule has 0 spiro atoms. The van der Waals surface area contributed by atoms with Crippen LogP contribution in [0.3, 0.4) is 0 Å². The average Bonchev–Trinajstić information content (AvgIpc) is 2.38. The van der Waals surface area contributed by atoms with Crippen LogP contribution in [0.25, 0.3) is 0 Å². The summed E-state index contributed by atoms with van der Waals surface area (Å²) in [5.74, 6) is -0.209. The van der Waals surface area contributed by atoms with Crippen LogP contribution in [0.2, 0.25) is 0 Å². The van der Waals surface area contributed by atoms with Crippen molar-refractivity contribution in [2.75, 3.05) is 11.1 Å². The van der Waals surface area contributed by atoms with Crippen LogP contribution in [-0.4, -0.2) is 10.9 Å². The smallest absolute Gasteiger partial charge is 0.256 e. The molecule has 0 radical (unpaired) electrons. The first-order chi connectivity index (χ1) is 9.38. The van der Waals surface area contributed by atoms with E-state index in [0.29, 0.717) is 16.9 Å². The van der Waals surface area contributed by atoms with Crippen molar-refractivity contribution in [3.8, 4) is 0 Å². The van der Waals surface area contributed by atoms with Crippen molar-refractivity contribution in [2.45, 2.75) is 13.8 Å². The van der Waals surface area contributed by atoms with Crippen molar-refractivity contribution in [1.29, 1.82) is 0 Å². The molecular weight excluding hydrogens is 386 g/mol. The summed E-state index contributed by atoms with van der Waals surface area (Å²) in [5.41, 5.74) is 9.34. The second-order valence-corrected chi connectivity index (χ2v) is 6.12. The van der Waals surface area contributed by atoms with E-state index in [2.05, 4.69) is 42.2 Å². The summed E-state index contributed by atoms with van der Waals surface area (Å²) < 4.78 is 1.54. The Labute approximate surface area is 134 Å². The van der Waals surface area contributed by atoms with E-state index < -0.39 is 0 Å². The van der Waals surface area contributed by atoms with Crippen LogP contribution in [0.1, 0.15) is 21.5 Å². The Hall–Kier alpha value is -1.40. The van der Waals surface area contributed by atoms with Gasteiger partial charge in [0.2, 0.25) is 0 Å². The fourth-order valence-electron chi connectivity index (χ4n) is 1.76. The van der Waals surface area contributed by atoms with E-state index in [9.17, 15) is 4.79 Å². The van der Waals surface area contributed by atoms with Crippen molar-refractivity contribution in [3.63, 3.8) is 0 Å². The van der Waals surface area contributed by atoms with Crippen LogP contribution < -0.4 is 11.1 Å². The standard InChI is InChI=1S/C14H13Br2N3O/c1-7-3-10(6-18-13(7)16)19-14(20)11-4-9(15)5-12(17)8(11)2/h3-6H,17H2,1-2H3,(H,19,20). The number of hydrogen-bond donors (Lipinski definition) is 2. The summed E-state index contributed by atoms with van der Waals surface area (Å²) in [6.45, 7) is 3.73. The molecule has 1 aromatic carbocycles. The molecule has 0 aliphatic carbocycles. The second kappa shape index (κ2) is 5.93. The number of amides is 1. The summed E-state index contributed by atoms with van der Waals surface area (Å²) >= 11 is 6.67. The van der Waals surface area contributed by atoms with Crippen LogP contribution in [0.15, 0.2) is 33.5 Å². The van der Waals surface area contributed by atoms with Gasteiger partial charge in [-0.1, -0.05) is 15.9 Å². The van der Waals surface area contributed by atoms with Gasteiger partial charge in [-0.05, 0) is 59.1 Å². The van der Waals surface area contributed by atoms with Gasteiger partial charge in [0.15, 0.2) is 0 Å². The summed E-state index contributed by atoms with van der Waals surface area (Å²) in [7, 11) is 0. The highest BCUT2D eigenvalue weighted by Gasteiger charge is 2.13. The largest absolute Gasteiger partial charge is 0.398 e. The number of pyridine rings is 1. The van der Waals surface area contributed by atoms with E-state index in [1.165, 1.54) is 0 Å². The molecule has 2 rings (SSSR count). The van der Waals surface area contributed by atoms with Gasteiger partial charge in [-0.25, -0.2) is 4.98 Å². The maximum absolute atomic E-state index is 12.3. The van der Waals surface area contributed by atoms with Crippen molar-refractivity contribution >= 4 is 49.1 Å². The Morgan fingerprint density at radius 2 is 1.95 bits per heavy atom. The minimum atomic E-state index is -0.209. The number of nitrogens with zero attached hydrogens (tertiary/aromatic N) is 1. The van der Waals surface area contributed by atoms with Crippen molar-refractivity contribution in [3.05, 3.63) is 50.2 Å². The van der Waals surface area contributed by atoms with Gasteiger partial charge in [-0.2, -0.15) is 0 Å². The topological polar surface area (TPSA) is 68.0 Å². The van der Waals surface area contributed by atoms with Crippen LogP contribution in [0.5, 0.6) is 0 Å². The quantitative estimate of drug-likeness (QED) is 0.592. The van der Waals surface area contributed by atoms with E-state index in [0.717, 1.165) is 20.2 Å². The normalized spacial score (nSPS) is 10.4. The zero-order valence-corrected chi connectivity index (χ0v) is 14.2. The molecule has 0 fully saturated rings. The van der Waals surface area contributed by atoms with Crippen LogP contribution in [-0.2, 0) is 0 Å². The number of aryl methyl sites for hydroxylation is 1. The zero-order valence-electron chi connectivity index (χ0n) is 11.0. The predicted octanol–water partition coefficient (Wildman–Crippen LogP) is 4.06. The lowest BCUT2D eigenvalue weighted by atomic mass is 10.1. The van der Waals surface area contributed by atoms with Crippen LogP contribution >= 0.6 is 31.9 Å². The Morgan fingerprint density at radius 3 is 2.60 bits per heavy atom. The second-order valence-electron chi connectivity index (χ2n) is 4.45. The average molecular weight is 399 g/mol. The van der Waals surface area contributed by atoms with Gasteiger partial charge in [-0.3, -0.25) is 4.79 Å². The third-order valence-corrected chi connectivity index (χ3v) is 4.22. The predicted molar refractivity (Wildman–Crippen MR) is 87.9 cm³/mol. The minimum absolute atomic E-state index is 0.209. The number of hydrogen-bond acceptors (Lipinski definition) is 3. The number of rotatable bonds is 2. The van der Waals surface area contributed by atoms with E-state index in [4.69, 9.17) is 5.73 Å². The summed E-state index contributed by atoms with van der Waals surface area (Å²) in [5, 5.41) is 2.82. The molecule has 1 heterocycles. The lowest BCUT2D eigenvalue weighted by Crippen LogP contribution is -2.14. The maximum atomic E-state index is 12.3. The Kier molecular flexibility index (Phi) is 4.45. The summed E-state index contributed by atoms with van der Waals surface area (Å²) in [4.78, 5) is 16.5. The SMILES string of the molecule is Cc1cc(NC(=O)c2cc(Br)cc(N)c2C)cnc1Br. The summed E-state index contributed by atoms with van der Waals surface area (Å²) in [6.07, 6.45) is 1.60. The van der Waals surface area contributed by atoms with E-state index in [1.54, 1.807) is 18.3 Å². The maximum Gasteiger partial charge on any atom is 0.256 e. The third kappa shape index (κ3) is 3.19. The fraction of sp³-hybridized carbons (Fsp3) is 0.143. The molecule has 4 nitrogen and oxygen atoms in total. The lowest BCUT2D eigenvalue weighted by molar-refractivity contribution is 0.102. The van der Waals surface area contributed by atoms with Gasteiger partial charge < -0.3 is 11.1 Å². The Morgan fingerprint density at radius 1 is 1.25 bits per heavy atom. The molecule has 20 heavy (non-hydrogen) atoms. The molecule has 3 N–H and O–H groups in total. The molecule has 0 unspecified atom stereocenters. The van der Waals surface area contributed by atoms with Gasteiger partial charge in [0, 0.05) is 15.7 Å². The number of carbonyl (C=O) groups is 1. The molecule has 1 amide bonds. The molecule has 0 aliphatic rings. The first kappa shape index (κ1) is 15.0. The van der Waals surface area contributed by atoms with Crippen molar-refractivity contribution in [1.82, 2.24) is 4.98 Å². The molecule has 0 aliphatic heterocycles. The van der Waals surface area contributed by atoms with E-state index >= 15 is 0 Å². The molecule has 6 heteroatoms. The molecule has 0 bridgehead atoms. The number of carbonyl (C=O) groups excluding carboxylic acids is 1. The molecule has 1 aromatic heterocycles. The van der Waals surface area contributed by atoms with Gasteiger partial charge in [0.25, 0.3) is 5.91 Å². The summed E-state index contributed by atoms with van der Waals surface area (Å²) in [6, 6.07) is 5.38. The number of anilines is 2. The van der Waals surface area contributed by atoms with Crippen molar-refractivity contribution < 1.29 is 4.79 Å².